The Kier molecular flexibility index (Phi) is 2.04. The second kappa shape index (κ2) is 3.20. The van der Waals surface area contributed by atoms with Crippen LogP contribution in [0, 0.1) is 6.92 Å². The maximum Gasteiger partial charge on any atom is 0.241 e. The highest BCUT2D eigenvalue weighted by Crippen LogP contribution is 2.18. The number of nitrogens with zero attached hydrogens (tertiary/aromatic N) is 2. The van der Waals surface area contributed by atoms with Gasteiger partial charge in [0.05, 0.1) is 5.69 Å². The minimum Gasteiger partial charge on any atom is -0.352 e. The van der Waals surface area contributed by atoms with Crippen molar-refractivity contribution >= 4 is 5.91 Å². The van der Waals surface area contributed by atoms with Gasteiger partial charge in [-0.15, -0.1) is 0 Å². The lowest BCUT2D eigenvalue weighted by molar-refractivity contribution is -0.122. The first-order valence-corrected chi connectivity index (χ1v) is 4.53. The van der Waals surface area contributed by atoms with Crippen molar-refractivity contribution < 1.29 is 4.79 Å². The van der Waals surface area contributed by atoms with Crippen LogP contribution in [0.5, 0.6) is 0 Å². The van der Waals surface area contributed by atoms with E-state index in [2.05, 4.69) is 10.4 Å². The summed E-state index contributed by atoms with van der Waals surface area (Å²) < 4.78 is 1.66. The van der Waals surface area contributed by atoms with E-state index in [0.29, 0.717) is 12.6 Å². The maximum atomic E-state index is 11.3. The van der Waals surface area contributed by atoms with Crippen LogP contribution in [0.15, 0.2) is 12.3 Å². The molecule has 4 nitrogen and oxygen atoms in total. The van der Waals surface area contributed by atoms with E-state index in [-0.39, 0.29) is 5.91 Å². The van der Waals surface area contributed by atoms with Crippen LogP contribution < -0.4 is 5.32 Å². The lowest BCUT2D eigenvalue weighted by Gasteiger charge is -2.02. The summed E-state index contributed by atoms with van der Waals surface area (Å²) in [5, 5.41) is 7.05. The second-order valence-electron chi connectivity index (χ2n) is 3.50. The zero-order valence-electron chi connectivity index (χ0n) is 7.66. The number of aryl methyl sites for hydroxylation is 1. The molecule has 0 saturated heterocycles. The Bertz CT molecular complexity index is 314. The molecule has 1 aromatic rings. The van der Waals surface area contributed by atoms with Crippen LogP contribution in [0.1, 0.15) is 18.5 Å². The molecule has 0 aromatic carbocycles. The Labute approximate surface area is 76.9 Å². The Morgan fingerprint density at radius 1 is 1.77 bits per heavy atom. The van der Waals surface area contributed by atoms with Crippen molar-refractivity contribution in [3.05, 3.63) is 18.0 Å². The van der Waals surface area contributed by atoms with Crippen molar-refractivity contribution in [2.45, 2.75) is 32.4 Å². The number of carbonyl (C=O) groups is 1. The van der Waals surface area contributed by atoms with E-state index >= 15 is 0 Å². The minimum absolute atomic E-state index is 0.0607. The molecule has 0 atom stereocenters. The Balaban J connectivity index is 1.85. The zero-order chi connectivity index (χ0) is 9.26. The SMILES string of the molecule is Cc1ccn(CC(=O)NC2CC2)n1. The van der Waals surface area contributed by atoms with Crippen molar-refractivity contribution in [2.75, 3.05) is 0 Å². The summed E-state index contributed by atoms with van der Waals surface area (Å²) in [7, 11) is 0. The number of amides is 1. The molecule has 1 saturated carbocycles. The first-order valence-electron chi connectivity index (χ1n) is 4.53. The van der Waals surface area contributed by atoms with Crippen LogP contribution in [0.3, 0.4) is 0 Å². The lowest BCUT2D eigenvalue weighted by Crippen LogP contribution is -2.29. The quantitative estimate of drug-likeness (QED) is 0.733. The normalized spacial score (nSPS) is 15.8. The molecule has 1 N–H and O–H groups in total. The number of hydrogen-bond acceptors (Lipinski definition) is 2. The summed E-state index contributed by atoms with van der Waals surface area (Å²) in [6.45, 7) is 2.25. The third-order valence-corrected chi connectivity index (χ3v) is 2.02. The molecule has 0 unspecified atom stereocenters. The van der Waals surface area contributed by atoms with E-state index in [0.717, 1.165) is 18.5 Å². The summed E-state index contributed by atoms with van der Waals surface area (Å²) in [5.41, 5.74) is 0.944. The van der Waals surface area contributed by atoms with E-state index in [9.17, 15) is 4.79 Å². The predicted octanol–water partition coefficient (Wildman–Crippen LogP) is 0.470. The fraction of sp³-hybridized carbons (Fsp3) is 0.556. The summed E-state index contributed by atoms with van der Waals surface area (Å²) in [5.74, 6) is 0.0607. The van der Waals surface area contributed by atoms with Crippen LogP contribution in [-0.4, -0.2) is 21.7 Å². The van der Waals surface area contributed by atoms with Gasteiger partial charge in [-0.3, -0.25) is 9.48 Å². The van der Waals surface area contributed by atoms with Gasteiger partial charge in [-0.2, -0.15) is 5.10 Å². The molecular weight excluding hydrogens is 166 g/mol. The lowest BCUT2D eigenvalue weighted by atomic mass is 10.5. The standard InChI is InChI=1S/C9H13N3O/c1-7-4-5-12(11-7)6-9(13)10-8-2-3-8/h4-5,8H,2-3,6H2,1H3,(H,10,13). The van der Waals surface area contributed by atoms with E-state index in [1.54, 1.807) is 4.68 Å². The number of aromatic nitrogens is 2. The van der Waals surface area contributed by atoms with E-state index in [1.807, 2.05) is 19.2 Å². The molecule has 1 aliphatic carbocycles. The molecular formula is C9H13N3O. The molecule has 0 bridgehead atoms. The van der Waals surface area contributed by atoms with Gasteiger partial charge in [-0.25, -0.2) is 0 Å². The van der Waals surface area contributed by atoms with Crippen LogP contribution in [0.2, 0.25) is 0 Å². The van der Waals surface area contributed by atoms with E-state index < -0.39 is 0 Å². The van der Waals surface area contributed by atoms with Gasteiger partial charge in [0.25, 0.3) is 0 Å². The summed E-state index contributed by atoms with van der Waals surface area (Å²) in [6, 6.07) is 2.33. The molecule has 2 rings (SSSR count). The van der Waals surface area contributed by atoms with Gasteiger partial charge in [0.1, 0.15) is 6.54 Å². The smallest absolute Gasteiger partial charge is 0.241 e. The molecule has 0 radical (unpaired) electrons. The molecule has 1 fully saturated rings. The summed E-state index contributed by atoms with van der Waals surface area (Å²) >= 11 is 0. The largest absolute Gasteiger partial charge is 0.352 e. The van der Waals surface area contributed by atoms with Crippen molar-refractivity contribution in [3.63, 3.8) is 0 Å². The van der Waals surface area contributed by atoms with Crippen molar-refractivity contribution in [2.24, 2.45) is 0 Å². The average Bonchev–Trinajstić information content (AvgIpc) is 2.76. The van der Waals surface area contributed by atoms with Gasteiger partial charge in [0, 0.05) is 12.2 Å². The molecule has 0 aliphatic heterocycles. The summed E-state index contributed by atoms with van der Waals surface area (Å²) in [4.78, 5) is 11.3. The second-order valence-corrected chi connectivity index (χ2v) is 3.50. The minimum atomic E-state index is 0.0607. The van der Waals surface area contributed by atoms with Crippen LogP contribution in [0.4, 0.5) is 0 Å². The highest BCUT2D eigenvalue weighted by molar-refractivity contribution is 5.76. The molecule has 13 heavy (non-hydrogen) atoms. The van der Waals surface area contributed by atoms with Gasteiger partial charge >= 0.3 is 0 Å². The van der Waals surface area contributed by atoms with Crippen LogP contribution in [-0.2, 0) is 11.3 Å². The summed E-state index contributed by atoms with van der Waals surface area (Å²) in [6.07, 6.45) is 4.08. The fourth-order valence-corrected chi connectivity index (χ4v) is 1.20. The predicted molar refractivity (Wildman–Crippen MR) is 48.1 cm³/mol. The third kappa shape index (κ3) is 2.31. The Hall–Kier alpha value is -1.32. The molecule has 1 heterocycles. The average molecular weight is 179 g/mol. The zero-order valence-corrected chi connectivity index (χ0v) is 7.66. The van der Waals surface area contributed by atoms with Gasteiger partial charge < -0.3 is 5.32 Å². The Morgan fingerprint density at radius 3 is 3.08 bits per heavy atom. The highest BCUT2D eigenvalue weighted by Gasteiger charge is 2.23. The van der Waals surface area contributed by atoms with Crippen LogP contribution >= 0.6 is 0 Å². The number of carbonyl (C=O) groups excluding carboxylic acids is 1. The molecule has 1 amide bonds. The van der Waals surface area contributed by atoms with Crippen molar-refractivity contribution in [1.29, 1.82) is 0 Å². The first-order chi connectivity index (χ1) is 6.24. The van der Waals surface area contributed by atoms with Gasteiger partial charge in [-0.05, 0) is 25.8 Å². The van der Waals surface area contributed by atoms with Gasteiger partial charge in [0.2, 0.25) is 5.91 Å². The molecule has 1 aliphatic rings. The van der Waals surface area contributed by atoms with E-state index in [1.165, 1.54) is 0 Å². The molecule has 4 heteroatoms. The fourth-order valence-electron chi connectivity index (χ4n) is 1.20. The third-order valence-electron chi connectivity index (χ3n) is 2.02. The first kappa shape index (κ1) is 8.29. The van der Waals surface area contributed by atoms with Crippen molar-refractivity contribution in [1.82, 2.24) is 15.1 Å². The number of hydrogen-bond donors (Lipinski definition) is 1. The molecule has 70 valence electrons. The molecule has 1 aromatic heterocycles. The highest BCUT2D eigenvalue weighted by atomic mass is 16.2. The number of nitrogens with one attached hydrogen (secondary N) is 1. The van der Waals surface area contributed by atoms with E-state index in [4.69, 9.17) is 0 Å². The molecule has 0 spiro atoms. The van der Waals surface area contributed by atoms with Crippen LogP contribution in [0.25, 0.3) is 0 Å². The van der Waals surface area contributed by atoms with Gasteiger partial charge in [0.15, 0.2) is 0 Å². The van der Waals surface area contributed by atoms with Gasteiger partial charge in [-0.1, -0.05) is 0 Å². The Morgan fingerprint density at radius 2 is 2.54 bits per heavy atom. The van der Waals surface area contributed by atoms with Crippen molar-refractivity contribution in [3.8, 4) is 0 Å². The maximum absolute atomic E-state index is 11.3. The number of rotatable bonds is 3. The monoisotopic (exact) mass is 179 g/mol. The topological polar surface area (TPSA) is 46.9 Å².